The summed E-state index contributed by atoms with van der Waals surface area (Å²) in [5.74, 6) is 5.22. The third-order valence-electron chi connectivity index (χ3n) is 15.5. The zero-order valence-corrected chi connectivity index (χ0v) is 39.5. The maximum Gasteiger partial charge on any atom is 0.297 e. The lowest BCUT2D eigenvalue weighted by Crippen LogP contribution is -2.54. The molecule has 6 N–H and O–H groups in total. The number of likely N-dealkylation sites (tertiary alicyclic amines) is 1. The molecular weight excluding hydrogens is 889 g/mol. The Morgan fingerprint density at radius 2 is 1.78 bits per heavy atom. The average molecular weight is 949 g/mol. The monoisotopic (exact) mass is 948 g/mol. The predicted molar refractivity (Wildman–Crippen MR) is 257 cm³/mol. The SMILES string of the molecule is CC(C)c1ccccc1[C@@H]1CCCN1C1CC2(CCN(c3ccc(C(=O)NS(=O)(=O)c4cc5c(c([N+](=O)[O-])c4)N[C@@H](C4CCC(C)(O)CC4)CO5)c(Oc4cc5cc[nH]c5nc4ON)c3)CC2)C1. The number of hydrogen-bond donors (Lipinski definition) is 5. The highest BCUT2D eigenvalue weighted by molar-refractivity contribution is 7.90. The molecule has 18 heteroatoms. The molecule has 3 aromatic carbocycles. The van der Waals surface area contributed by atoms with Crippen molar-refractivity contribution >= 4 is 44.0 Å². The molecule has 5 heterocycles. The van der Waals surface area contributed by atoms with Crippen LogP contribution >= 0.6 is 0 Å². The molecule has 2 saturated carbocycles. The van der Waals surface area contributed by atoms with Gasteiger partial charge < -0.3 is 34.6 Å². The van der Waals surface area contributed by atoms with E-state index in [2.05, 4.69) is 67.9 Å². The molecule has 360 valence electrons. The number of piperidine rings is 1. The molecule has 3 aliphatic heterocycles. The van der Waals surface area contributed by atoms with Gasteiger partial charge in [-0.1, -0.05) is 38.1 Å². The van der Waals surface area contributed by atoms with Crippen LogP contribution < -0.4 is 35.1 Å². The van der Waals surface area contributed by atoms with Crippen LogP contribution in [0.25, 0.3) is 11.0 Å². The molecule has 5 aromatic rings. The van der Waals surface area contributed by atoms with Gasteiger partial charge in [0.05, 0.1) is 27.0 Å². The zero-order valence-electron chi connectivity index (χ0n) is 38.7. The smallest absolute Gasteiger partial charge is 0.297 e. The first kappa shape index (κ1) is 45.8. The van der Waals surface area contributed by atoms with Crippen molar-refractivity contribution in [1.29, 1.82) is 0 Å². The summed E-state index contributed by atoms with van der Waals surface area (Å²) in [4.78, 5) is 43.0. The Morgan fingerprint density at radius 3 is 2.51 bits per heavy atom. The number of anilines is 2. The maximum atomic E-state index is 14.2. The van der Waals surface area contributed by atoms with Gasteiger partial charge >= 0.3 is 0 Å². The number of aromatic amines is 1. The fraction of sp³-hybridized carbons (Fsp3) is 0.480. The van der Waals surface area contributed by atoms with E-state index < -0.39 is 37.0 Å². The summed E-state index contributed by atoms with van der Waals surface area (Å²) in [6.45, 7) is 9.21. The molecule has 0 unspecified atom stereocenters. The van der Waals surface area contributed by atoms with Crippen molar-refractivity contribution in [3.63, 3.8) is 0 Å². The molecule has 1 spiro atoms. The second kappa shape index (κ2) is 17.9. The number of nitrogens with one attached hydrogen (secondary N) is 3. The van der Waals surface area contributed by atoms with Gasteiger partial charge in [-0.2, -0.15) is 10.9 Å². The van der Waals surface area contributed by atoms with Crippen molar-refractivity contribution < 1.29 is 37.6 Å². The number of rotatable bonds is 12. The number of carbonyl (C=O) groups excluding carboxylic acids is 1. The molecule has 68 heavy (non-hydrogen) atoms. The summed E-state index contributed by atoms with van der Waals surface area (Å²) in [6.07, 6.45) is 11.0. The first-order valence-corrected chi connectivity index (χ1v) is 25.4. The van der Waals surface area contributed by atoms with Crippen LogP contribution in [-0.2, 0) is 10.0 Å². The number of carbonyl (C=O) groups is 1. The number of nitro groups is 1. The van der Waals surface area contributed by atoms with E-state index >= 15 is 0 Å². The van der Waals surface area contributed by atoms with Gasteiger partial charge in [0.2, 0.25) is 0 Å². The molecule has 5 aliphatic rings. The quantitative estimate of drug-likeness (QED) is 0.0584. The van der Waals surface area contributed by atoms with Crippen molar-refractivity contribution in [2.24, 2.45) is 17.2 Å². The van der Waals surface area contributed by atoms with Crippen molar-refractivity contribution in [3.8, 4) is 23.1 Å². The maximum absolute atomic E-state index is 14.2. The number of benzene rings is 3. The molecule has 0 radical (unpaired) electrons. The van der Waals surface area contributed by atoms with Gasteiger partial charge in [-0.3, -0.25) is 19.8 Å². The fourth-order valence-corrected chi connectivity index (χ4v) is 12.6. The van der Waals surface area contributed by atoms with Crippen molar-refractivity contribution in [3.05, 3.63) is 99.7 Å². The van der Waals surface area contributed by atoms with Gasteiger partial charge in [-0.15, -0.1) is 0 Å². The van der Waals surface area contributed by atoms with Crippen LogP contribution in [0.1, 0.15) is 118 Å². The van der Waals surface area contributed by atoms with Crippen LogP contribution in [0.5, 0.6) is 23.1 Å². The average Bonchev–Trinajstić information content (AvgIpc) is 3.99. The Hall–Kier alpha value is -5.95. The van der Waals surface area contributed by atoms with E-state index in [1.807, 2.05) is 0 Å². The minimum Gasteiger partial charge on any atom is -0.489 e. The first-order chi connectivity index (χ1) is 32.6. The number of nitrogens with zero attached hydrogens (tertiary/aromatic N) is 4. The Bertz CT molecular complexity index is 2840. The number of nitrogens with two attached hydrogens (primary N) is 1. The highest BCUT2D eigenvalue weighted by atomic mass is 32.2. The molecule has 17 nitrogen and oxygen atoms in total. The standard InChI is InChI=1S/C50H60N8O9S/c1-30(2)36-7-4-5-8-37(36)40-9-6-20-57(40)34-27-50(28-34)17-21-56(22-18-50)33-10-11-38(42(24-33)66-44-23-32-14-19-52-46(32)54-48(44)67-51)47(59)55-68(63,64)35-25-41(58(61)62)45-43(26-35)65-29-39(53-45)31-12-15-49(3,60)16-13-31/h4-5,7-8,10-11,14,19,23-26,30-31,34,39-40,53,60H,6,9,12-13,15-18,20-22,27-29,51H2,1-3H3,(H,52,54)(H,55,59)/t31?,39-,40+,49?/m1/s1. The number of sulfonamides is 1. The van der Waals surface area contributed by atoms with Gasteiger partial charge in [0, 0.05) is 60.6 Å². The second-order valence-corrected chi connectivity index (χ2v) is 21.9. The van der Waals surface area contributed by atoms with E-state index in [1.54, 1.807) is 37.4 Å². The van der Waals surface area contributed by atoms with Gasteiger partial charge in [0.1, 0.15) is 18.0 Å². The third-order valence-corrected chi connectivity index (χ3v) is 16.8. The molecule has 2 atom stereocenters. The zero-order chi connectivity index (χ0) is 47.5. The number of amides is 1. The lowest BCUT2D eigenvalue weighted by molar-refractivity contribution is -0.384. The number of fused-ring (bicyclic) bond motifs is 2. The van der Waals surface area contributed by atoms with Crippen LogP contribution in [0.3, 0.4) is 0 Å². The number of H-pyrrole nitrogens is 1. The van der Waals surface area contributed by atoms with Gasteiger partial charge in [-0.05, 0) is 130 Å². The number of hydrogen-bond acceptors (Lipinski definition) is 14. The van der Waals surface area contributed by atoms with E-state index in [0.717, 1.165) is 44.2 Å². The van der Waals surface area contributed by atoms with Gasteiger partial charge in [-0.25, -0.2) is 13.1 Å². The summed E-state index contributed by atoms with van der Waals surface area (Å²) in [5.41, 5.74) is 3.15. The van der Waals surface area contributed by atoms with E-state index in [9.17, 15) is 28.4 Å². The molecule has 10 rings (SSSR count). The minimum atomic E-state index is -4.71. The Balaban J connectivity index is 0.875. The van der Waals surface area contributed by atoms with Crippen molar-refractivity contribution in [2.75, 3.05) is 36.5 Å². The van der Waals surface area contributed by atoms with Crippen molar-refractivity contribution in [2.45, 2.75) is 120 Å². The molecule has 1 amide bonds. The molecule has 2 saturated heterocycles. The van der Waals surface area contributed by atoms with E-state index in [1.165, 1.54) is 48.9 Å². The van der Waals surface area contributed by atoms with Gasteiger partial charge in [0.25, 0.3) is 27.5 Å². The van der Waals surface area contributed by atoms with Crippen LogP contribution in [0.2, 0.25) is 0 Å². The van der Waals surface area contributed by atoms with Crippen molar-refractivity contribution in [1.82, 2.24) is 19.6 Å². The van der Waals surface area contributed by atoms with E-state index in [-0.39, 0.29) is 58.4 Å². The summed E-state index contributed by atoms with van der Waals surface area (Å²) in [5, 5.41) is 26.8. The topological polar surface area (TPSA) is 228 Å². The van der Waals surface area contributed by atoms with Gasteiger partial charge in [0.15, 0.2) is 17.2 Å². The first-order valence-electron chi connectivity index (χ1n) is 23.9. The summed E-state index contributed by atoms with van der Waals surface area (Å²) in [7, 11) is -4.71. The summed E-state index contributed by atoms with van der Waals surface area (Å²) < 4.78 is 42.5. The lowest BCUT2D eigenvalue weighted by atomic mass is 9.59. The Labute approximate surface area is 395 Å². The molecule has 2 aromatic heterocycles. The number of nitro benzene ring substituents is 1. The van der Waals surface area contributed by atoms with Crippen LogP contribution in [0.15, 0.2) is 77.8 Å². The number of aliphatic hydroxyl groups is 1. The van der Waals surface area contributed by atoms with E-state index in [0.29, 0.717) is 54.7 Å². The van der Waals surface area contributed by atoms with Crippen LogP contribution in [-0.4, -0.2) is 83.1 Å². The number of pyridine rings is 1. The Kier molecular flexibility index (Phi) is 12.0. The predicted octanol–water partition coefficient (Wildman–Crippen LogP) is 8.46. The summed E-state index contributed by atoms with van der Waals surface area (Å²) >= 11 is 0. The van der Waals surface area contributed by atoms with Crippen LogP contribution in [0, 0.1) is 21.4 Å². The normalized spacial score (nSPS) is 24.0. The molecular formula is C50H60N8O9S. The highest BCUT2D eigenvalue weighted by Gasteiger charge is 2.50. The second-order valence-electron chi connectivity index (χ2n) is 20.2. The molecule has 2 aliphatic carbocycles. The minimum absolute atomic E-state index is 0.0187. The Morgan fingerprint density at radius 1 is 1.01 bits per heavy atom. The highest BCUT2D eigenvalue weighted by Crippen LogP contribution is 2.54. The largest absolute Gasteiger partial charge is 0.489 e. The van der Waals surface area contributed by atoms with E-state index in [4.69, 9.17) is 20.2 Å². The molecule has 0 bridgehead atoms. The molecule has 4 fully saturated rings. The number of aromatic nitrogens is 2. The lowest BCUT2D eigenvalue weighted by Gasteiger charge is -2.56. The summed E-state index contributed by atoms with van der Waals surface area (Å²) in [6, 6.07) is 20.2. The number of ether oxygens (including phenoxy) is 2. The third kappa shape index (κ3) is 8.82. The fourth-order valence-electron chi connectivity index (χ4n) is 11.6. The van der Waals surface area contributed by atoms with Crippen LogP contribution in [0.4, 0.5) is 17.1 Å².